The molecule has 1 aromatic heterocycles. The van der Waals surface area contributed by atoms with E-state index in [1.54, 1.807) is 17.1 Å². The summed E-state index contributed by atoms with van der Waals surface area (Å²) in [5, 5.41) is 10.5. The Labute approximate surface area is 57.9 Å². The highest BCUT2D eigenvalue weighted by atomic mass is 15.4. The maximum Gasteiger partial charge on any atom is 0.0880 e. The zero-order valence-corrected chi connectivity index (χ0v) is 5.23. The van der Waals surface area contributed by atoms with Crippen LogP contribution >= 0.6 is 0 Å². The van der Waals surface area contributed by atoms with Crippen molar-refractivity contribution in [2.45, 2.75) is 0 Å². The summed E-state index contributed by atoms with van der Waals surface area (Å²) in [7, 11) is 0. The van der Waals surface area contributed by atoms with E-state index in [1.165, 1.54) is 0 Å². The smallest absolute Gasteiger partial charge is 0.0880 e. The lowest BCUT2D eigenvalue weighted by Crippen LogP contribution is -1.91. The fourth-order valence-corrected chi connectivity index (χ4v) is 0.789. The van der Waals surface area contributed by atoms with Crippen LogP contribution in [0.3, 0.4) is 0 Å². The zero-order chi connectivity index (χ0) is 6.81. The van der Waals surface area contributed by atoms with Gasteiger partial charge in [-0.15, -0.1) is 5.10 Å². The Morgan fingerprint density at radius 1 is 1.40 bits per heavy atom. The molecule has 0 aliphatic carbocycles. The van der Waals surface area contributed by atoms with Crippen LogP contribution in [0.2, 0.25) is 0 Å². The molecule has 0 saturated heterocycles. The van der Waals surface area contributed by atoms with E-state index in [0.29, 0.717) is 0 Å². The van der Waals surface area contributed by atoms with Gasteiger partial charge >= 0.3 is 0 Å². The summed E-state index contributed by atoms with van der Waals surface area (Å²) in [4.78, 5) is 0. The summed E-state index contributed by atoms with van der Waals surface area (Å²) in [6, 6.07) is 0. The maximum absolute atomic E-state index is 3.81. The van der Waals surface area contributed by atoms with Crippen LogP contribution in [0.1, 0.15) is 5.69 Å². The molecule has 0 atom stereocenters. The summed E-state index contributed by atoms with van der Waals surface area (Å²) in [6.07, 6.45) is 9.04. The molecule has 1 aromatic rings. The van der Waals surface area contributed by atoms with Crippen LogP contribution in [0.25, 0.3) is 12.3 Å². The third kappa shape index (κ3) is 0.699. The summed E-state index contributed by atoms with van der Waals surface area (Å²) < 4.78 is 1.69. The fraction of sp³-hybridized carbons (Fsp3) is 0. The van der Waals surface area contributed by atoms with Gasteiger partial charge in [0.15, 0.2) is 0 Å². The van der Waals surface area contributed by atoms with Gasteiger partial charge in [0.05, 0.1) is 11.9 Å². The van der Waals surface area contributed by atoms with Crippen molar-refractivity contribution in [3.05, 3.63) is 24.3 Å². The van der Waals surface area contributed by atoms with Crippen molar-refractivity contribution in [1.29, 1.82) is 0 Å². The van der Waals surface area contributed by atoms with E-state index in [0.717, 1.165) is 5.69 Å². The van der Waals surface area contributed by atoms with Gasteiger partial charge < -0.3 is 5.32 Å². The molecule has 0 saturated carbocycles. The molecule has 50 valence electrons. The first kappa shape index (κ1) is 5.22. The standard InChI is InChI=1S/C6H6N4/c1-2-7-3-4-10-6(1)5-8-9-10/h1-5,7H. The third-order valence-electron chi connectivity index (χ3n) is 1.26. The maximum atomic E-state index is 3.81. The molecule has 0 unspecified atom stereocenters. The Morgan fingerprint density at radius 3 is 3.40 bits per heavy atom. The topological polar surface area (TPSA) is 42.7 Å². The molecule has 0 aromatic carbocycles. The second-order valence-corrected chi connectivity index (χ2v) is 1.92. The van der Waals surface area contributed by atoms with E-state index in [-0.39, 0.29) is 0 Å². The average molecular weight is 134 g/mol. The van der Waals surface area contributed by atoms with Gasteiger partial charge in [-0.1, -0.05) is 5.21 Å². The molecule has 4 heteroatoms. The fourth-order valence-electron chi connectivity index (χ4n) is 0.789. The third-order valence-corrected chi connectivity index (χ3v) is 1.26. The Kier molecular flexibility index (Phi) is 1.04. The number of nitrogens with one attached hydrogen (secondary N) is 1. The number of aromatic nitrogens is 3. The van der Waals surface area contributed by atoms with E-state index >= 15 is 0 Å². The van der Waals surface area contributed by atoms with Gasteiger partial charge in [0, 0.05) is 18.6 Å². The van der Waals surface area contributed by atoms with E-state index in [9.17, 15) is 0 Å². The van der Waals surface area contributed by atoms with Gasteiger partial charge in [-0.05, 0) is 6.08 Å². The van der Waals surface area contributed by atoms with E-state index in [1.807, 2.05) is 18.5 Å². The van der Waals surface area contributed by atoms with Gasteiger partial charge in [0.2, 0.25) is 0 Å². The molecule has 0 radical (unpaired) electrons. The first-order valence-corrected chi connectivity index (χ1v) is 2.96. The normalized spacial score (nSPS) is 14.0. The first-order valence-electron chi connectivity index (χ1n) is 2.96. The van der Waals surface area contributed by atoms with Crippen molar-refractivity contribution in [3.8, 4) is 0 Å². The molecule has 2 rings (SSSR count). The monoisotopic (exact) mass is 134 g/mol. The quantitative estimate of drug-likeness (QED) is 0.554. The second-order valence-electron chi connectivity index (χ2n) is 1.92. The van der Waals surface area contributed by atoms with Crippen LogP contribution in [-0.2, 0) is 0 Å². The molecule has 0 spiro atoms. The predicted molar refractivity (Wildman–Crippen MR) is 37.5 cm³/mol. The van der Waals surface area contributed by atoms with Gasteiger partial charge in [-0.25, -0.2) is 4.68 Å². The van der Waals surface area contributed by atoms with Crippen LogP contribution in [-0.4, -0.2) is 15.0 Å². The van der Waals surface area contributed by atoms with Crippen molar-refractivity contribution in [3.63, 3.8) is 0 Å². The molecule has 10 heavy (non-hydrogen) atoms. The largest absolute Gasteiger partial charge is 0.366 e. The Morgan fingerprint density at radius 2 is 2.40 bits per heavy atom. The lowest BCUT2D eigenvalue weighted by Gasteiger charge is -1.87. The summed E-state index contributed by atoms with van der Waals surface area (Å²) >= 11 is 0. The average Bonchev–Trinajstić information content (AvgIpc) is 2.28. The minimum absolute atomic E-state index is 0.973. The number of fused-ring (bicyclic) bond motifs is 1. The Hall–Kier alpha value is -1.58. The van der Waals surface area contributed by atoms with Gasteiger partial charge in [0.25, 0.3) is 0 Å². The molecular weight excluding hydrogens is 128 g/mol. The minimum Gasteiger partial charge on any atom is -0.366 e. The lowest BCUT2D eigenvalue weighted by molar-refractivity contribution is 0.835. The van der Waals surface area contributed by atoms with E-state index in [2.05, 4.69) is 15.6 Å². The lowest BCUT2D eigenvalue weighted by atomic mass is 10.4. The Bertz CT molecular complexity index is 257. The van der Waals surface area contributed by atoms with Crippen molar-refractivity contribution < 1.29 is 0 Å². The van der Waals surface area contributed by atoms with Crippen molar-refractivity contribution in [2.75, 3.05) is 0 Å². The molecule has 1 aliphatic rings. The zero-order valence-electron chi connectivity index (χ0n) is 5.23. The minimum atomic E-state index is 0.973. The van der Waals surface area contributed by atoms with Crippen LogP contribution in [0.15, 0.2) is 18.6 Å². The predicted octanol–water partition coefficient (Wildman–Crippen LogP) is 0.280. The highest BCUT2D eigenvalue weighted by molar-refractivity contribution is 5.48. The molecule has 1 N–H and O–H groups in total. The molecule has 4 nitrogen and oxygen atoms in total. The molecule has 0 fully saturated rings. The number of rotatable bonds is 0. The van der Waals surface area contributed by atoms with Crippen LogP contribution < -0.4 is 5.32 Å². The first-order chi connectivity index (χ1) is 4.97. The van der Waals surface area contributed by atoms with Crippen LogP contribution in [0.5, 0.6) is 0 Å². The van der Waals surface area contributed by atoms with Gasteiger partial charge in [-0.3, -0.25) is 0 Å². The number of hydrogen-bond donors (Lipinski definition) is 1. The highest BCUT2D eigenvalue weighted by Crippen LogP contribution is 2.00. The second kappa shape index (κ2) is 1.98. The molecule has 0 amide bonds. The van der Waals surface area contributed by atoms with Gasteiger partial charge in [0.1, 0.15) is 0 Å². The van der Waals surface area contributed by atoms with Gasteiger partial charge in [-0.2, -0.15) is 0 Å². The summed E-state index contributed by atoms with van der Waals surface area (Å²) in [5.41, 5.74) is 0.973. The summed E-state index contributed by atoms with van der Waals surface area (Å²) in [5.74, 6) is 0. The summed E-state index contributed by atoms with van der Waals surface area (Å²) in [6.45, 7) is 0. The molecule has 1 aliphatic heterocycles. The van der Waals surface area contributed by atoms with E-state index in [4.69, 9.17) is 0 Å². The SMILES string of the molecule is C1=Cc2cnnn2C=CN1. The van der Waals surface area contributed by atoms with Crippen LogP contribution in [0, 0.1) is 0 Å². The van der Waals surface area contributed by atoms with Crippen LogP contribution in [0.4, 0.5) is 0 Å². The number of nitrogens with zero attached hydrogens (tertiary/aromatic N) is 3. The highest BCUT2D eigenvalue weighted by Gasteiger charge is 1.96. The Balaban J connectivity index is 2.56. The van der Waals surface area contributed by atoms with Crippen molar-refractivity contribution >= 4 is 12.3 Å². The molecule has 2 heterocycles. The van der Waals surface area contributed by atoms with Crippen molar-refractivity contribution in [1.82, 2.24) is 20.3 Å². The molecule has 0 bridgehead atoms. The number of hydrogen-bond acceptors (Lipinski definition) is 3. The molecular formula is C6H6N4. The van der Waals surface area contributed by atoms with E-state index < -0.39 is 0 Å². The van der Waals surface area contributed by atoms with Crippen molar-refractivity contribution in [2.24, 2.45) is 0 Å².